The van der Waals surface area contributed by atoms with Crippen molar-refractivity contribution in [2.24, 2.45) is 22.2 Å². The number of hydrogen-bond donors (Lipinski definition) is 0. The molecular formula is C17H26ClNO. The molecule has 0 radical (unpaired) electrons. The van der Waals surface area contributed by atoms with Crippen molar-refractivity contribution in [2.45, 2.75) is 64.2 Å². The van der Waals surface area contributed by atoms with E-state index in [0.717, 1.165) is 44.7 Å². The summed E-state index contributed by atoms with van der Waals surface area (Å²) in [6.07, 6.45) is 8.44. The van der Waals surface area contributed by atoms with Crippen LogP contribution in [0.15, 0.2) is 0 Å². The summed E-state index contributed by atoms with van der Waals surface area (Å²) in [6.45, 7) is 6.53. The molecule has 1 amide bonds. The molecule has 4 aliphatic carbocycles. The van der Waals surface area contributed by atoms with Gasteiger partial charge >= 0.3 is 0 Å². The van der Waals surface area contributed by atoms with Crippen LogP contribution in [0.3, 0.4) is 0 Å². The Bertz CT molecular complexity index is 444. The van der Waals surface area contributed by atoms with E-state index in [2.05, 4.69) is 18.7 Å². The van der Waals surface area contributed by atoms with Gasteiger partial charge < -0.3 is 4.90 Å². The molecule has 0 aromatic heterocycles. The minimum absolute atomic E-state index is 0.0378. The second kappa shape index (κ2) is 3.94. The molecular weight excluding hydrogens is 270 g/mol. The largest absolute Gasteiger partial charge is 0.341 e. The summed E-state index contributed by atoms with van der Waals surface area (Å²) in [4.78, 5) is 15.3. The van der Waals surface area contributed by atoms with Crippen LogP contribution in [0.25, 0.3) is 0 Å². The van der Waals surface area contributed by atoms with Gasteiger partial charge in [-0.2, -0.15) is 0 Å². The zero-order valence-corrected chi connectivity index (χ0v) is 13.5. The Morgan fingerprint density at radius 2 is 1.75 bits per heavy atom. The van der Waals surface area contributed by atoms with E-state index in [1.165, 1.54) is 19.3 Å². The van der Waals surface area contributed by atoms with E-state index in [1.807, 2.05) is 0 Å². The molecule has 0 spiro atoms. The highest BCUT2D eigenvalue weighted by Crippen LogP contribution is 2.69. The molecule has 112 valence electrons. The normalized spacial score (nSPS) is 53.6. The van der Waals surface area contributed by atoms with Gasteiger partial charge in [-0.3, -0.25) is 4.79 Å². The standard InChI is InChI=1S/C17H26ClNO/c1-15-5-12-6-16(2,9-15)11-17(7-12,10-15)14(20)19-4-3-13(18)8-19/h12-13H,3-11H2,1-2H3. The van der Waals surface area contributed by atoms with Crippen molar-refractivity contribution in [1.29, 1.82) is 0 Å². The molecule has 0 aromatic rings. The van der Waals surface area contributed by atoms with Gasteiger partial charge in [0, 0.05) is 13.1 Å². The molecule has 1 aliphatic heterocycles. The molecule has 4 bridgehead atoms. The molecule has 4 saturated carbocycles. The Labute approximate surface area is 127 Å². The van der Waals surface area contributed by atoms with Gasteiger partial charge in [-0.05, 0) is 61.7 Å². The monoisotopic (exact) mass is 295 g/mol. The molecule has 5 fully saturated rings. The van der Waals surface area contributed by atoms with Crippen molar-refractivity contribution in [3.8, 4) is 0 Å². The van der Waals surface area contributed by atoms with Crippen molar-refractivity contribution >= 4 is 17.5 Å². The van der Waals surface area contributed by atoms with E-state index in [4.69, 9.17) is 11.6 Å². The first-order valence-electron chi connectivity index (χ1n) is 8.25. The first-order valence-corrected chi connectivity index (χ1v) is 8.69. The highest BCUT2D eigenvalue weighted by Gasteiger charge is 2.63. The van der Waals surface area contributed by atoms with E-state index >= 15 is 0 Å². The first-order chi connectivity index (χ1) is 9.32. The number of alkyl halides is 1. The maximum Gasteiger partial charge on any atom is 0.228 e. The highest BCUT2D eigenvalue weighted by molar-refractivity contribution is 6.21. The van der Waals surface area contributed by atoms with Crippen molar-refractivity contribution in [3.63, 3.8) is 0 Å². The quantitative estimate of drug-likeness (QED) is 0.673. The molecule has 1 saturated heterocycles. The van der Waals surface area contributed by atoms with Crippen molar-refractivity contribution < 1.29 is 4.79 Å². The van der Waals surface area contributed by atoms with Gasteiger partial charge in [-0.15, -0.1) is 11.6 Å². The number of carbonyl (C=O) groups excluding carboxylic acids is 1. The third-order valence-corrected chi connectivity index (χ3v) is 6.85. The lowest BCUT2D eigenvalue weighted by atomic mass is 9.40. The summed E-state index contributed by atoms with van der Waals surface area (Å²) in [5.74, 6) is 1.24. The molecule has 3 heteroatoms. The zero-order chi connectivity index (χ0) is 14.2. The minimum atomic E-state index is -0.0378. The van der Waals surface area contributed by atoms with Gasteiger partial charge in [0.1, 0.15) is 0 Å². The summed E-state index contributed by atoms with van der Waals surface area (Å²) in [6, 6.07) is 0. The lowest BCUT2D eigenvalue weighted by Crippen LogP contribution is -2.60. The van der Waals surface area contributed by atoms with Gasteiger partial charge in [0.15, 0.2) is 0 Å². The number of rotatable bonds is 1. The van der Waals surface area contributed by atoms with Crippen LogP contribution < -0.4 is 0 Å². The van der Waals surface area contributed by atoms with E-state index in [1.54, 1.807) is 0 Å². The lowest BCUT2D eigenvalue weighted by molar-refractivity contribution is -0.178. The van der Waals surface area contributed by atoms with Crippen LogP contribution in [-0.2, 0) is 4.79 Å². The molecule has 0 aromatic carbocycles. The third-order valence-electron chi connectivity index (χ3n) is 6.50. The molecule has 5 rings (SSSR count). The topological polar surface area (TPSA) is 20.3 Å². The van der Waals surface area contributed by atoms with Crippen LogP contribution in [0.5, 0.6) is 0 Å². The van der Waals surface area contributed by atoms with Gasteiger partial charge in [-0.25, -0.2) is 0 Å². The van der Waals surface area contributed by atoms with E-state index in [0.29, 0.717) is 16.7 Å². The summed E-state index contributed by atoms with van der Waals surface area (Å²) in [5, 5.41) is 0.180. The molecule has 5 aliphatic rings. The summed E-state index contributed by atoms with van der Waals surface area (Å²) < 4.78 is 0. The number of halogens is 1. The Morgan fingerprint density at radius 1 is 1.10 bits per heavy atom. The second-order valence-corrected chi connectivity index (χ2v) is 9.66. The van der Waals surface area contributed by atoms with Gasteiger partial charge in [0.05, 0.1) is 10.8 Å². The molecule has 2 nitrogen and oxygen atoms in total. The third kappa shape index (κ3) is 1.86. The molecule has 20 heavy (non-hydrogen) atoms. The SMILES string of the molecule is CC12CC3CC(C)(C1)CC(C(=O)N1CCC(Cl)C1)(C3)C2. The second-order valence-electron chi connectivity index (χ2n) is 9.05. The minimum Gasteiger partial charge on any atom is -0.341 e. The van der Waals surface area contributed by atoms with Crippen LogP contribution in [0, 0.1) is 22.2 Å². The Balaban J connectivity index is 1.65. The van der Waals surface area contributed by atoms with Crippen LogP contribution in [0.2, 0.25) is 0 Å². The summed E-state index contributed by atoms with van der Waals surface area (Å²) in [7, 11) is 0. The van der Waals surface area contributed by atoms with E-state index in [9.17, 15) is 4.79 Å². The molecule has 0 N–H and O–H groups in total. The van der Waals surface area contributed by atoms with Crippen LogP contribution in [-0.4, -0.2) is 29.3 Å². The predicted octanol–water partition coefficient (Wildman–Crippen LogP) is 3.82. The molecule has 1 heterocycles. The van der Waals surface area contributed by atoms with Crippen LogP contribution in [0.4, 0.5) is 0 Å². The average molecular weight is 296 g/mol. The molecule has 3 unspecified atom stereocenters. The highest BCUT2D eigenvalue weighted by atomic mass is 35.5. The Hall–Kier alpha value is -0.240. The van der Waals surface area contributed by atoms with Gasteiger partial charge in [-0.1, -0.05) is 13.8 Å². The fourth-order valence-corrected chi connectivity index (χ4v) is 7.19. The lowest BCUT2D eigenvalue weighted by Gasteiger charge is -2.65. The fourth-order valence-electron chi connectivity index (χ4n) is 6.92. The summed E-state index contributed by atoms with van der Waals surface area (Å²) >= 11 is 6.22. The molecule has 3 atom stereocenters. The van der Waals surface area contributed by atoms with E-state index < -0.39 is 0 Å². The number of carbonyl (C=O) groups is 1. The van der Waals surface area contributed by atoms with Crippen molar-refractivity contribution in [3.05, 3.63) is 0 Å². The first kappa shape index (κ1) is 13.4. The maximum absolute atomic E-state index is 13.2. The Morgan fingerprint density at radius 3 is 2.25 bits per heavy atom. The number of nitrogens with zero attached hydrogens (tertiary/aromatic N) is 1. The van der Waals surface area contributed by atoms with E-state index in [-0.39, 0.29) is 10.8 Å². The maximum atomic E-state index is 13.2. The number of likely N-dealkylation sites (tertiary alicyclic amines) is 1. The van der Waals surface area contributed by atoms with Crippen LogP contribution in [0.1, 0.15) is 58.8 Å². The Kier molecular flexibility index (Phi) is 2.64. The van der Waals surface area contributed by atoms with Crippen LogP contribution >= 0.6 is 11.6 Å². The number of hydrogen-bond acceptors (Lipinski definition) is 1. The summed E-state index contributed by atoms with van der Waals surface area (Å²) in [5.41, 5.74) is 0.803. The predicted molar refractivity (Wildman–Crippen MR) is 80.7 cm³/mol. The van der Waals surface area contributed by atoms with Crippen molar-refractivity contribution in [1.82, 2.24) is 4.90 Å². The fraction of sp³-hybridized carbons (Fsp3) is 0.941. The average Bonchev–Trinajstić information content (AvgIpc) is 2.69. The van der Waals surface area contributed by atoms with Gasteiger partial charge in [0.2, 0.25) is 5.91 Å². The smallest absolute Gasteiger partial charge is 0.228 e. The van der Waals surface area contributed by atoms with Crippen molar-refractivity contribution in [2.75, 3.05) is 13.1 Å². The number of amides is 1. The van der Waals surface area contributed by atoms with Gasteiger partial charge in [0.25, 0.3) is 0 Å². The zero-order valence-electron chi connectivity index (χ0n) is 12.8.